The number of benzene rings is 1. The van der Waals surface area contributed by atoms with Gasteiger partial charge < -0.3 is 29.4 Å². The second-order valence-corrected chi connectivity index (χ2v) is 9.57. The molecule has 10 heteroatoms. The number of hydrogen-bond donors (Lipinski definition) is 2. The third-order valence-electron chi connectivity index (χ3n) is 5.88. The van der Waals surface area contributed by atoms with Crippen molar-refractivity contribution in [2.24, 2.45) is 0 Å². The van der Waals surface area contributed by atoms with Crippen molar-refractivity contribution < 1.29 is 28.6 Å². The molecule has 4 rings (SSSR count). The van der Waals surface area contributed by atoms with Gasteiger partial charge in [0.25, 0.3) is 0 Å². The van der Waals surface area contributed by atoms with E-state index in [1.54, 1.807) is 36.3 Å². The number of fused-ring (bicyclic) bond motifs is 1. The summed E-state index contributed by atoms with van der Waals surface area (Å²) in [5.41, 5.74) is -0.989. The van der Waals surface area contributed by atoms with Crippen molar-refractivity contribution in [2.45, 2.75) is 57.4 Å². The fourth-order valence-corrected chi connectivity index (χ4v) is 4.22. The van der Waals surface area contributed by atoms with Crippen LogP contribution >= 0.6 is 0 Å². The molecule has 2 fully saturated rings. The van der Waals surface area contributed by atoms with Gasteiger partial charge in [-0.3, -0.25) is 4.79 Å². The number of anilines is 1. The monoisotopic (exact) mass is 461 g/mol. The molecule has 1 saturated carbocycles. The SMILES string of the molecule is CO[C@@H]1CN(c2cc3c(cc2F)c(=O)c(C(=O)O)cn3C2CC2)C[C@H]1NC(=O)OC(C)(C)C. The Morgan fingerprint density at radius 2 is 1.91 bits per heavy atom. The largest absolute Gasteiger partial charge is 0.477 e. The predicted octanol–water partition coefficient (Wildman–Crippen LogP) is 2.90. The van der Waals surface area contributed by atoms with Crippen LogP contribution in [0.1, 0.15) is 50.0 Å². The van der Waals surface area contributed by atoms with Gasteiger partial charge in [-0.2, -0.15) is 0 Å². The Morgan fingerprint density at radius 1 is 1.21 bits per heavy atom. The maximum atomic E-state index is 15.2. The molecule has 0 bridgehead atoms. The van der Waals surface area contributed by atoms with Crippen LogP contribution in [0.15, 0.2) is 23.1 Å². The number of carboxylic acids is 1. The fourth-order valence-electron chi connectivity index (χ4n) is 4.22. The smallest absolute Gasteiger partial charge is 0.408 e. The van der Waals surface area contributed by atoms with E-state index < -0.39 is 41.1 Å². The molecule has 0 unspecified atom stereocenters. The molecule has 1 aliphatic heterocycles. The third kappa shape index (κ3) is 4.66. The van der Waals surface area contributed by atoms with Crippen LogP contribution in [-0.4, -0.2) is 59.7 Å². The number of carbonyl (C=O) groups excluding carboxylic acids is 1. The maximum absolute atomic E-state index is 15.2. The van der Waals surface area contributed by atoms with E-state index in [0.29, 0.717) is 12.1 Å². The zero-order valence-electron chi connectivity index (χ0n) is 19.1. The van der Waals surface area contributed by atoms with Gasteiger partial charge in [-0.05, 0) is 45.7 Å². The van der Waals surface area contributed by atoms with Gasteiger partial charge in [-0.25, -0.2) is 14.0 Å². The molecular formula is C23H28FN3O6. The summed E-state index contributed by atoms with van der Waals surface area (Å²) in [5.74, 6) is -1.98. The first kappa shape index (κ1) is 23.0. The quantitative estimate of drug-likeness (QED) is 0.705. The summed E-state index contributed by atoms with van der Waals surface area (Å²) < 4.78 is 27.8. The Labute approximate surface area is 190 Å². The normalized spacial score (nSPS) is 20.8. The Hall–Kier alpha value is -3.14. The highest BCUT2D eigenvalue weighted by atomic mass is 19.1. The van der Waals surface area contributed by atoms with E-state index in [2.05, 4.69) is 5.32 Å². The van der Waals surface area contributed by atoms with E-state index in [9.17, 15) is 19.5 Å². The number of halogens is 1. The molecule has 0 radical (unpaired) electrons. The highest BCUT2D eigenvalue weighted by Gasteiger charge is 2.37. The summed E-state index contributed by atoms with van der Waals surface area (Å²) in [7, 11) is 1.52. The second-order valence-electron chi connectivity index (χ2n) is 9.57. The van der Waals surface area contributed by atoms with Gasteiger partial charge in [-0.1, -0.05) is 0 Å². The Balaban J connectivity index is 1.68. The molecule has 178 valence electrons. The van der Waals surface area contributed by atoms with E-state index in [0.717, 1.165) is 18.9 Å². The number of hydrogen-bond acceptors (Lipinski definition) is 6. The number of pyridine rings is 1. The van der Waals surface area contributed by atoms with Gasteiger partial charge in [0.1, 0.15) is 17.0 Å². The number of amides is 1. The second kappa shape index (κ2) is 8.33. The molecule has 9 nitrogen and oxygen atoms in total. The van der Waals surface area contributed by atoms with Crippen molar-refractivity contribution in [1.82, 2.24) is 9.88 Å². The fraction of sp³-hybridized carbons (Fsp3) is 0.522. The van der Waals surface area contributed by atoms with Crippen LogP contribution < -0.4 is 15.6 Å². The highest BCUT2D eigenvalue weighted by Crippen LogP contribution is 2.38. The summed E-state index contributed by atoms with van der Waals surface area (Å²) >= 11 is 0. The van der Waals surface area contributed by atoms with Crippen molar-refractivity contribution in [1.29, 1.82) is 0 Å². The average molecular weight is 461 g/mol. The zero-order valence-corrected chi connectivity index (χ0v) is 19.1. The van der Waals surface area contributed by atoms with E-state index in [4.69, 9.17) is 9.47 Å². The predicted molar refractivity (Wildman–Crippen MR) is 120 cm³/mol. The van der Waals surface area contributed by atoms with E-state index >= 15 is 4.39 Å². The molecule has 1 amide bonds. The molecule has 2 atom stereocenters. The number of carboxylic acid groups (broad SMARTS) is 1. The van der Waals surface area contributed by atoms with Crippen molar-refractivity contribution in [3.05, 3.63) is 39.9 Å². The first-order valence-corrected chi connectivity index (χ1v) is 10.9. The Kier molecular flexibility index (Phi) is 5.81. The summed E-state index contributed by atoms with van der Waals surface area (Å²) in [6.45, 7) is 5.89. The molecule has 2 aliphatic rings. The molecule has 2 N–H and O–H groups in total. The lowest BCUT2D eigenvalue weighted by Crippen LogP contribution is -2.45. The lowest BCUT2D eigenvalue weighted by Gasteiger charge is -2.23. The molecule has 1 aliphatic carbocycles. The van der Waals surface area contributed by atoms with Gasteiger partial charge in [0, 0.05) is 37.8 Å². The van der Waals surface area contributed by atoms with Gasteiger partial charge in [0.2, 0.25) is 5.43 Å². The van der Waals surface area contributed by atoms with Gasteiger partial charge in [0.05, 0.1) is 23.3 Å². The Morgan fingerprint density at radius 3 is 2.48 bits per heavy atom. The molecule has 33 heavy (non-hydrogen) atoms. The minimum Gasteiger partial charge on any atom is -0.477 e. The van der Waals surface area contributed by atoms with Crippen molar-refractivity contribution in [3.63, 3.8) is 0 Å². The molecule has 1 aromatic heterocycles. The summed E-state index contributed by atoms with van der Waals surface area (Å²) in [5, 5.41) is 12.2. The molecule has 1 aromatic carbocycles. The lowest BCUT2D eigenvalue weighted by molar-refractivity contribution is 0.0417. The number of alkyl carbamates (subject to hydrolysis) is 1. The van der Waals surface area contributed by atoms with Crippen LogP contribution in [0.3, 0.4) is 0 Å². The van der Waals surface area contributed by atoms with E-state index in [1.165, 1.54) is 13.3 Å². The minimum atomic E-state index is -1.33. The Bertz CT molecular complexity index is 1170. The number of rotatable bonds is 5. The van der Waals surface area contributed by atoms with Crippen LogP contribution in [-0.2, 0) is 9.47 Å². The van der Waals surface area contributed by atoms with Crippen LogP contribution in [0.2, 0.25) is 0 Å². The number of ether oxygens (including phenoxy) is 2. The first-order chi connectivity index (χ1) is 15.5. The van der Waals surface area contributed by atoms with Gasteiger partial charge in [-0.15, -0.1) is 0 Å². The number of nitrogens with zero attached hydrogens (tertiary/aromatic N) is 2. The molecule has 0 spiro atoms. The van der Waals surface area contributed by atoms with E-state index in [1.807, 2.05) is 0 Å². The van der Waals surface area contributed by atoms with Crippen LogP contribution in [0.5, 0.6) is 0 Å². The van der Waals surface area contributed by atoms with Crippen LogP contribution in [0.25, 0.3) is 10.9 Å². The number of aromatic nitrogens is 1. The molecular weight excluding hydrogens is 433 g/mol. The van der Waals surface area contributed by atoms with Gasteiger partial charge in [0.15, 0.2) is 0 Å². The van der Waals surface area contributed by atoms with Gasteiger partial charge >= 0.3 is 12.1 Å². The number of nitrogens with one attached hydrogen (secondary N) is 1. The molecule has 2 heterocycles. The summed E-state index contributed by atoms with van der Waals surface area (Å²) in [4.78, 5) is 38.2. The molecule has 1 saturated heterocycles. The van der Waals surface area contributed by atoms with E-state index in [-0.39, 0.29) is 29.2 Å². The topological polar surface area (TPSA) is 110 Å². The number of methoxy groups -OCH3 is 1. The van der Waals surface area contributed by atoms with Crippen molar-refractivity contribution in [3.8, 4) is 0 Å². The van der Waals surface area contributed by atoms with Crippen molar-refractivity contribution >= 4 is 28.7 Å². The highest BCUT2D eigenvalue weighted by molar-refractivity contribution is 5.93. The van der Waals surface area contributed by atoms with Crippen LogP contribution in [0, 0.1) is 5.82 Å². The number of carbonyl (C=O) groups is 2. The number of aromatic carboxylic acids is 1. The van der Waals surface area contributed by atoms with Crippen molar-refractivity contribution in [2.75, 3.05) is 25.1 Å². The molecule has 2 aromatic rings. The summed E-state index contributed by atoms with van der Waals surface area (Å²) in [6, 6.07) is 2.34. The average Bonchev–Trinajstić information content (AvgIpc) is 3.47. The summed E-state index contributed by atoms with van der Waals surface area (Å²) in [6.07, 6.45) is 2.09. The third-order valence-corrected chi connectivity index (χ3v) is 5.88. The minimum absolute atomic E-state index is 0.0361. The first-order valence-electron chi connectivity index (χ1n) is 10.9. The standard InChI is InChI=1S/C23H28FN3O6/c1-23(2,3)33-22(31)25-16-10-26(11-19(16)32-4)18-8-17-13(7-15(18)24)20(28)14(21(29)30)9-27(17)12-5-6-12/h7-9,12,16,19H,5-6,10-11H2,1-4H3,(H,25,31)(H,29,30)/t16-,19-/m1/s1. The van der Waals surface area contributed by atoms with Crippen LogP contribution in [0.4, 0.5) is 14.9 Å². The zero-order chi connectivity index (χ0) is 24.1. The maximum Gasteiger partial charge on any atom is 0.408 e. The lowest BCUT2D eigenvalue weighted by atomic mass is 10.1.